The van der Waals surface area contributed by atoms with E-state index in [4.69, 9.17) is 0 Å². The van der Waals surface area contributed by atoms with E-state index in [0.29, 0.717) is 24.8 Å². The molecule has 0 aliphatic heterocycles. The lowest BCUT2D eigenvalue weighted by Gasteiger charge is -2.09. The molecule has 0 atom stereocenters. The summed E-state index contributed by atoms with van der Waals surface area (Å²) in [7, 11) is 0. The molecule has 0 unspecified atom stereocenters. The van der Waals surface area contributed by atoms with Crippen LogP contribution in [0.15, 0.2) is 35.3 Å². The van der Waals surface area contributed by atoms with Crippen molar-refractivity contribution in [2.75, 3.05) is 0 Å². The van der Waals surface area contributed by atoms with Crippen molar-refractivity contribution >= 4 is 11.7 Å². The minimum absolute atomic E-state index is 0.132. The van der Waals surface area contributed by atoms with Crippen molar-refractivity contribution in [3.63, 3.8) is 0 Å². The molecule has 0 saturated carbocycles. The molecule has 0 aliphatic carbocycles. The highest BCUT2D eigenvalue weighted by Gasteiger charge is 2.07. The number of hydrogen-bond acceptors (Lipinski definition) is 2. The first kappa shape index (κ1) is 17.3. The van der Waals surface area contributed by atoms with Gasteiger partial charge in [0.2, 0.25) is 0 Å². The lowest BCUT2D eigenvalue weighted by atomic mass is 10.1. The van der Waals surface area contributed by atoms with Crippen LogP contribution in [0.1, 0.15) is 47.0 Å². The van der Waals surface area contributed by atoms with Crippen LogP contribution in [0.2, 0.25) is 0 Å². The van der Waals surface area contributed by atoms with Gasteiger partial charge in [0.25, 0.3) is 5.91 Å². The van der Waals surface area contributed by atoms with Crippen molar-refractivity contribution in [3.8, 4) is 0 Å². The standard InChI is InChI=1S/C15H22FNO2/c1-5-13(16)10-11(3)15(19)17-14(6-2)9-7-8-12(4)18/h5-6,10H,7-9H2,1-4H3,(H,17,19)/b11-10+,13-5+,14-6-. The van der Waals surface area contributed by atoms with Crippen LogP contribution in [-0.2, 0) is 9.59 Å². The van der Waals surface area contributed by atoms with Crippen molar-refractivity contribution < 1.29 is 14.0 Å². The zero-order chi connectivity index (χ0) is 14.8. The third-order valence-corrected chi connectivity index (χ3v) is 2.59. The van der Waals surface area contributed by atoms with Gasteiger partial charge >= 0.3 is 0 Å². The largest absolute Gasteiger partial charge is 0.326 e. The average Bonchev–Trinajstić information content (AvgIpc) is 2.36. The average molecular weight is 267 g/mol. The summed E-state index contributed by atoms with van der Waals surface area (Å²) in [5.74, 6) is -0.632. The zero-order valence-electron chi connectivity index (χ0n) is 12.0. The first-order chi connectivity index (χ1) is 8.90. The van der Waals surface area contributed by atoms with E-state index < -0.39 is 5.83 Å². The van der Waals surface area contributed by atoms with Gasteiger partial charge in [0, 0.05) is 17.7 Å². The fourth-order valence-corrected chi connectivity index (χ4v) is 1.41. The van der Waals surface area contributed by atoms with E-state index in [0.717, 1.165) is 5.70 Å². The summed E-state index contributed by atoms with van der Waals surface area (Å²) in [4.78, 5) is 22.6. The normalized spacial score (nSPS) is 13.4. The number of halogens is 1. The molecule has 0 spiro atoms. The van der Waals surface area contributed by atoms with E-state index in [-0.39, 0.29) is 11.7 Å². The Bertz CT molecular complexity index is 420. The minimum Gasteiger partial charge on any atom is -0.326 e. The summed E-state index contributed by atoms with van der Waals surface area (Å²) in [6.07, 6.45) is 6.09. The maximum Gasteiger partial charge on any atom is 0.251 e. The smallest absolute Gasteiger partial charge is 0.251 e. The number of amides is 1. The Hall–Kier alpha value is -1.71. The van der Waals surface area contributed by atoms with Gasteiger partial charge in [-0.3, -0.25) is 4.79 Å². The Morgan fingerprint density at radius 3 is 2.21 bits per heavy atom. The summed E-state index contributed by atoms with van der Waals surface area (Å²) in [5.41, 5.74) is 1.06. The number of allylic oxidation sites excluding steroid dienone is 5. The molecule has 106 valence electrons. The topological polar surface area (TPSA) is 46.2 Å². The van der Waals surface area contributed by atoms with Gasteiger partial charge in [0.05, 0.1) is 0 Å². The lowest BCUT2D eigenvalue weighted by molar-refractivity contribution is -0.117. The van der Waals surface area contributed by atoms with Crippen molar-refractivity contribution in [2.45, 2.75) is 47.0 Å². The highest BCUT2D eigenvalue weighted by Crippen LogP contribution is 2.08. The predicted octanol–water partition coefficient (Wildman–Crippen LogP) is 3.59. The zero-order valence-corrected chi connectivity index (χ0v) is 12.0. The van der Waals surface area contributed by atoms with Crippen LogP contribution in [-0.4, -0.2) is 11.7 Å². The molecule has 0 bridgehead atoms. The van der Waals surface area contributed by atoms with Crippen LogP contribution in [0.5, 0.6) is 0 Å². The molecule has 4 heteroatoms. The molecule has 0 aromatic heterocycles. The fraction of sp³-hybridized carbons (Fsp3) is 0.467. The molecule has 3 nitrogen and oxygen atoms in total. The predicted molar refractivity (Wildman–Crippen MR) is 75.1 cm³/mol. The molecule has 0 rings (SSSR count). The van der Waals surface area contributed by atoms with E-state index in [1.807, 2.05) is 6.92 Å². The van der Waals surface area contributed by atoms with Gasteiger partial charge in [-0.05, 0) is 46.6 Å². The van der Waals surface area contributed by atoms with Crippen LogP contribution < -0.4 is 5.32 Å². The van der Waals surface area contributed by atoms with E-state index in [9.17, 15) is 14.0 Å². The van der Waals surface area contributed by atoms with Crippen LogP contribution in [0.3, 0.4) is 0 Å². The second-order valence-electron chi connectivity index (χ2n) is 4.32. The molecule has 1 N–H and O–H groups in total. The van der Waals surface area contributed by atoms with Crippen molar-refractivity contribution in [1.29, 1.82) is 0 Å². The summed E-state index contributed by atoms with van der Waals surface area (Å²) >= 11 is 0. The monoisotopic (exact) mass is 267 g/mol. The Kier molecular flexibility index (Phi) is 8.42. The maximum atomic E-state index is 13.0. The highest BCUT2D eigenvalue weighted by atomic mass is 19.1. The molecule has 0 fully saturated rings. The Morgan fingerprint density at radius 1 is 1.11 bits per heavy atom. The minimum atomic E-state index is -0.439. The summed E-state index contributed by atoms with van der Waals surface area (Å²) in [6, 6.07) is 0. The van der Waals surface area contributed by atoms with Crippen molar-refractivity contribution in [1.82, 2.24) is 5.32 Å². The van der Waals surface area contributed by atoms with Gasteiger partial charge in [-0.1, -0.05) is 12.2 Å². The summed E-state index contributed by atoms with van der Waals surface area (Å²) in [6.45, 7) is 6.48. The number of Topliss-reactive ketones (excluding diaryl/α,β-unsaturated/α-hetero) is 1. The Labute approximate surface area is 114 Å². The van der Waals surface area contributed by atoms with E-state index in [1.165, 1.54) is 12.2 Å². The molecular formula is C15H22FNO2. The van der Waals surface area contributed by atoms with Gasteiger partial charge in [-0.25, -0.2) is 4.39 Å². The van der Waals surface area contributed by atoms with Crippen LogP contribution in [0.25, 0.3) is 0 Å². The van der Waals surface area contributed by atoms with E-state index in [1.54, 1.807) is 26.8 Å². The SMILES string of the molecule is C/C=C(/CCCC(C)=O)NC(=O)/C(C)=C/C(F)=C\C. The van der Waals surface area contributed by atoms with E-state index >= 15 is 0 Å². The fourth-order valence-electron chi connectivity index (χ4n) is 1.41. The number of carbonyl (C=O) groups is 2. The second kappa shape index (κ2) is 9.25. The number of nitrogens with one attached hydrogen (secondary N) is 1. The molecule has 0 radical (unpaired) electrons. The maximum absolute atomic E-state index is 13.0. The molecule has 1 amide bonds. The summed E-state index contributed by atoms with van der Waals surface area (Å²) < 4.78 is 13.0. The second-order valence-corrected chi connectivity index (χ2v) is 4.32. The van der Waals surface area contributed by atoms with E-state index in [2.05, 4.69) is 5.32 Å². The van der Waals surface area contributed by atoms with Crippen LogP contribution >= 0.6 is 0 Å². The van der Waals surface area contributed by atoms with Gasteiger partial charge in [0.15, 0.2) is 0 Å². The highest BCUT2D eigenvalue weighted by molar-refractivity contribution is 5.94. The molecular weight excluding hydrogens is 245 g/mol. The van der Waals surface area contributed by atoms with Crippen molar-refractivity contribution in [3.05, 3.63) is 35.3 Å². The Balaban J connectivity index is 4.44. The van der Waals surface area contributed by atoms with Crippen LogP contribution in [0.4, 0.5) is 4.39 Å². The Morgan fingerprint density at radius 2 is 1.74 bits per heavy atom. The number of hydrogen-bond donors (Lipinski definition) is 1. The van der Waals surface area contributed by atoms with Gasteiger partial charge < -0.3 is 10.1 Å². The number of rotatable bonds is 7. The molecule has 0 aromatic rings. The first-order valence-corrected chi connectivity index (χ1v) is 6.36. The summed E-state index contributed by atoms with van der Waals surface area (Å²) in [5, 5.41) is 2.72. The third-order valence-electron chi connectivity index (χ3n) is 2.59. The number of ketones is 1. The first-order valence-electron chi connectivity index (χ1n) is 6.36. The molecule has 19 heavy (non-hydrogen) atoms. The van der Waals surface area contributed by atoms with Gasteiger partial charge in [-0.15, -0.1) is 0 Å². The molecule has 0 aromatic carbocycles. The quantitative estimate of drug-likeness (QED) is 0.566. The van der Waals surface area contributed by atoms with Gasteiger partial charge in [-0.2, -0.15) is 0 Å². The molecule has 0 saturated heterocycles. The van der Waals surface area contributed by atoms with Crippen LogP contribution in [0, 0.1) is 0 Å². The molecule has 0 aliphatic rings. The third kappa shape index (κ3) is 8.08. The van der Waals surface area contributed by atoms with Crippen molar-refractivity contribution in [2.24, 2.45) is 0 Å². The number of carbonyl (C=O) groups excluding carboxylic acids is 2. The molecule has 0 heterocycles. The lowest BCUT2D eigenvalue weighted by Crippen LogP contribution is -2.23. The van der Waals surface area contributed by atoms with Gasteiger partial charge in [0.1, 0.15) is 11.6 Å².